The maximum absolute atomic E-state index is 11.7. The smallest absolute Gasteiger partial charge is 0.149 e. The summed E-state index contributed by atoms with van der Waals surface area (Å²) in [6.07, 6.45) is 4.73. The van der Waals surface area contributed by atoms with Crippen LogP contribution in [-0.2, 0) is 4.79 Å². The largest absolute Gasteiger partial charge is 0.298 e. The lowest BCUT2D eigenvalue weighted by molar-refractivity contribution is -0.123. The SMILES string of the molecule is CCCN(CC(=O)C(C)CC)C1CC1. The zero-order valence-electron chi connectivity index (χ0n) is 9.75. The van der Waals surface area contributed by atoms with Crippen LogP contribution in [0.2, 0.25) is 0 Å². The number of carbonyl (C=O) groups is 1. The Hall–Kier alpha value is -0.370. The van der Waals surface area contributed by atoms with E-state index in [-0.39, 0.29) is 5.92 Å². The van der Waals surface area contributed by atoms with E-state index in [9.17, 15) is 4.79 Å². The van der Waals surface area contributed by atoms with Gasteiger partial charge >= 0.3 is 0 Å². The molecule has 2 heteroatoms. The van der Waals surface area contributed by atoms with Crippen LogP contribution in [0, 0.1) is 5.92 Å². The highest BCUT2D eigenvalue weighted by atomic mass is 16.1. The molecule has 0 amide bonds. The summed E-state index contributed by atoms with van der Waals surface area (Å²) in [7, 11) is 0. The summed E-state index contributed by atoms with van der Waals surface area (Å²) in [5.41, 5.74) is 0. The van der Waals surface area contributed by atoms with Gasteiger partial charge in [-0.2, -0.15) is 0 Å². The fourth-order valence-corrected chi connectivity index (χ4v) is 1.70. The normalized spacial score (nSPS) is 18.6. The first-order valence-electron chi connectivity index (χ1n) is 5.95. The van der Waals surface area contributed by atoms with Crippen molar-refractivity contribution in [1.29, 1.82) is 0 Å². The Kier molecular flexibility index (Phi) is 4.59. The molecule has 0 aromatic carbocycles. The van der Waals surface area contributed by atoms with Crippen molar-refractivity contribution in [3.8, 4) is 0 Å². The second-order valence-electron chi connectivity index (χ2n) is 4.48. The van der Waals surface area contributed by atoms with Crippen LogP contribution in [0.15, 0.2) is 0 Å². The third-order valence-electron chi connectivity index (χ3n) is 3.10. The number of hydrogen-bond acceptors (Lipinski definition) is 2. The number of carbonyl (C=O) groups excluding carboxylic acids is 1. The van der Waals surface area contributed by atoms with Crippen molar-refractivity contribution >= 4 is 5.78 Å². The molecule has 0 aromatic heterocycles. The Morgan fingerprint density at radius 1 is 1.43 bits per heavy atom. The van der Waals surface area contributed by atoms with Gasteiger partial charge in [-0.25, -0.2) is 0 Å². The fourth-order valence-electron chi connectivity index (χ4n) is 1.70. The van der Waals surface area contributed by atoms with E-state index < -0.39 is 0 Å². The van der Waals surface area contributed by atoms with Gasteiger partial charge in [0.1, 0.15) is 5.78 Å². The summed E-state index contributed by atoms with van der Waals surface area (Å²) in [6, 6.07) is 0.725. The van der Waals surface area contributed by atoms with Gasteiger partial charge in [0.2, 0.25) is 0 Å². The molecule has 14 heavy (non-hydrogen) atoms. The molecule has 1 fully saturated rings. The van der Waals surface area contributed by atoms with Crippen LogP contribution in [0.1, 0.15) is 46.5 Å². The average molecular weight is 197 g/mol. The molecule has 1 aliphatic rings. The molecule has 0 bridgehead atoms. The van der Waals surface area contributed by atoms with Gasteiger partial charge in [-0.15, -0.1) is 0 Å². The number of Topliss-reactive ketones (excluding diaryl/α,β-unsaturated/α-hetero) is 1. The molecule has 0 N–H and O–H groups in total. The molecule has 1 aliphatic carbocycles. The Morgan fingerprint density at radius 2 is 2.07 bits per heavy atom. The molecule has 0 aromatic rings. The van der Waals surface area contributed by atoms with Crippen LogP contribution in [-0.4, -0.2) is 29.8 Å². The van der Waals surface area contributed by atoms with E-state index in [1.165, 1.54) is 12.8 Å². The predicted molar refractivity (Wildman–Crippen MR) is 59.3 cm³/mol. The van der Waals surface area contributed by atoms with Crippen molar-refractivity contribution in [2.45, 2.75) is 52.5 Å². The lowest BCUT2D eigenvalue weighted by Gasteiger charge is -2.21. The van der Waals surface area contributed by atoms with E-state index in [2.05, 4.69) is 18.7 Å². The van der Waals surface area contributed by atoms with Gasteiger partial charge in [0, 0.05) is 12.0 Å². The van der Waals surface area contributed by atoms with E-state index in [1.54, 1.807) is 0 Å². The van der Waals surface area contributed by atoms with E-state index >= 15 is 0 Å². The van der Waals surface area contributed by atoms with E-state index in [0.29, 0.717) is 12.3 Å². The minimum atomic E-state index is 0.244. The second-order valence-corrected chi connectivity index (χ2v) is 4.48. The first-order valence-corrected chi connectivity index (χ1v) is 5.95. The first kappa shape index (κ1) is 11.7. The molecular weight excluding hydrogens is 174 g/mol. The number of ketones is 1. The minimum absolute atomic E-state index is 0.244. The lowest BCUT2D eigenvalue weighted by atomic mass is 10.0. The summed E-state index contributed by atoms with van der Waals surface area (Å²) in [5.74, 6) is 0.668. The maximum atomic E-state index is 11.7. The third kappa shape index (κ3) is 3.41. The van der Waals surface area contributed by atoms with Crippen molar-refractivity contribution in [1.82, 2.24) is 4.90 Å². The van der Waals surface area contributed by atoms with Crippen LogP contribution in [0.25, 0.3) is 0 Å². The highest BCUT2D eigenvalue weighted by Crippen LogP contribution is 2.27. The zero-order chi connectivity index (χ0) is 10.6. The van der Waals surface area contributed by atoms with Crippen LogP contribution < -0.4 is 0 Å². The van der Waals surface area contributed by atoms with Gasteiger partial charge in [-0.1, -0.05) is 20.8 Å². The van der Waals surface area contributed by atoms with Gasteiger partial charge in [0.15, 0.2) is 0 Å². The summed E-state index contributed by atoms with van der Waals surface area (Å²) < 4.78 is 0. The van der Waals surface area contributed by atoms with Crippen molar-refractivity contribution in [2.75, 3.05) is 13.1 Å². The molecule has 1 rings (SSSR count). The van der Waals surface area contributed by atoms with Gasteiger partial charge < -0.3 is 0 Å². The van der Waals surface area contributed by atoms with Crippen LogP contribution in [0.3, 0.4) is 0 Å². The second kappa shape index (κ2) is 5.50. The topological polar surface area (TPSA) is 20.3 Å². The monoisotopic (exact) mass is 197 g/mol. The minimum Gasteiger partial charge on any atom is -0.298 e. The van der Waals surface area contributed by atoms with Crippen molar-refractivity contribution in [3.05, 3.63) is 0 Å². The lowest BCUT2D eigenvalue weighted by Crippen LogP contribution is -2.34. The zero-order valence-corrected chi connectivity index (χ0v) is 9.75. The highest BCUT2D eigenvalue weighted by molar-refractivity contribution is 5.82. The van der Waals surface area contributed by atoms with Gasteiger partial charge in [-0.3, -0.25) is 9.69 Å². The van der Waals surface area contributed by atoms with Gasteiger partial charge in [-0.05, 0) is 32.2 Å². The Labute approximate surface area is 87.7 Å². The van der Waals surface area contributed by atoms with Gasteiger partial charge in [0.25, 0.3) is 0 Å². The Balaban J connectivity index is 2.34. The molecular formula is C12H23NO. The molecule has 1 atom stereocenters. The van der Waals surface area contributed by atoms with Crippen molar-refractivity contribution in [2.24, 2.45) is 5.92 Å². The van der Waals surface area contributed by atoms with Crippen LogP contribution in [0.5, 0.6) is 0 Å². The Bertz CT molecular complexity index is 187. The average Bonchev–Trinajstić information content (AvgIpc) is 2.99. The van der Waals surface area contributed by atoms with Crippen LogP contribution in [0.4, 0.5) is 0 Å². The molecule has 82 valence electrons. The molecule has 1 saturated carbocycles. The summed E-state index contributed by atoms with van der Waals surface area (Å²) in [6.45, 7) is 8.09. The highest BCUT2D eigenvalue weighted by Gasteiger charge is 2.30. The quantitative estimate of drug-likeness (QED) is 0.625. The van der Waals surface area contributed by atoms with Crippen molar-refractivity contribution in [3.63, 3.8) is 0 Å². The molecule has 0 spiro atoms. The third-order valence-corrected chi connectivity index (χ3v) is 3.10. The molecule has 0 heterocycles. The molecule has 0 saturated heterocycles. The fraction of sp³-hybridized carbons (Fsp3) is 0.917. The standard InChI is InChI=1S/C12H23NO/c1-4-8-13(11-6-7-11)9-12(14)10(3)5-2/h10-11H,4-9H2,1-3H3. The van der Waals surface area contributed by atoms with Crippen molar-refractivity contribution < 1.29 is 4.79 Å². The van der Waals surface area contributed by atoms with E-state index in [0.717, 1.165) is 25.4 Å². The summed E-state index contributed by atoms with van der Waals surface area (Å²) in [4.78, 5) is 14.1. The maximum Gasteiger partial charge on any atom is 0.149 e. The van der Waals surface area contributed by atoms with E-state index in [4.69, 9.17) is 0 Å². The summed E-state index contributed by atoms with van der Waals surface area (Å²) in [5, 5.41) is 0. The molecule has 2 nitrogen and oxygen atoms in total. The van der Waals surface area contributed by atoms with Crippen LogP contribution >= 0.6 is 0 Å². The number of hydrogen-bond donors (Lipinski definition) is 0. The number of rotatable bonds is 7. The molecule has 0 radical (unpaired) electrons. The molecule has 1 unspecified atom stereocenters. The van der Waals surface area contributed by atoms with Gasteiger partial charge in [0.05, 0.1) is 6.54 Å². The molecule has 0 aliphatic heterocycles. The predicted octanol–water partition coefficient (Wildman–Crippen LogP) is 2.48. The Morgan fingerprint density at radius 3 is 2.50 bits per heavy atom. The summed E-state index contributed by atoms with van der Waals surface area (Å²) >= 11 is 0. The van der Waals surface area contributed by atoms with E-state index in [1.807, 2.05) is 6.92 Å². The number of nitrogens with zero attached hydrogens (tertiary/aromatic N) is 1. The first-order chi connectivity index (χ1) is 6.69.